The summed E-state index contributed by atoms with van der Waals surface area (Å²) in [6.07, 6.45) is 0.886. The minimum atomic E-state index is -0.0581. The number of guanidine groups is 1. The molecule has 2 aromatic carbocycles. The monoisotopic (exact) mass is 425 g/mol. The minimum absolute atomic E-state index is 0.0581. The number of benzene rings is 2. The first-order valence-electron chi connectivity index (χ1n) is 10.7. The third kappa shape index (κ3) is 9.09. The lowest BCUT2D eigenvalue weighted by atomic mass is 10.1. The van der Waals surface area contributed by atoms with Gasteiger partial charge in [0.2, 0.25) is 0 Å². The number of carbonyl (C=O) groups is 1. The van der Waals surface area contributed by atoms with E-state index in [1.807, 2.05) is 62.3 Å². The zero-order chi connectivity index (χ0) is 22.5. The number of nitrogens with zero attached hydrogens (tertiary/aromatic N) is 2. The van der Waals surface area contributed by atoms with Crippen molar-refractivity contribution >= 4 is 11.9 Å². The van der Waals surface area contributed by atoms with Crippen molar-refractivity contribution in [3.8, 4) is 5.75 Å². The summed E-state index contributed by atoms with van der Waals surface area (Å²) in [5.41, 5.74) is 2.88. The standard InChI is InChI=1S/C24H35N5O2/c1-5-25-24(27-14-13-19-9-11-22(31-4)12-10-19)28-18-20-7-6-8-21(17-20)23(30)26-15-16-29(2)3/h6-12,17H,5,13-16,18H2,1-4H3,(H,26,30)(H2,25,27,28). The predicted molar refractivity (Wildman–Crippen MR) is 127 cm³/mol. The number of nitrogens with one attached hydrogen (secondary N) is 3. The number of rotatable bonds is 11. The van der Waals surface area contributed by atoms with Gasteiger partial charge < -0.3 is 25.6 Å². The summed E-state index contributed by atoms with van der Waals surface area (Å²) in [6, 6.07) is 15.7. The van der Waals surface area contributed by atoms with Crippen LogP contribution in [0, 0.1) is 0 Å². The first kappa shape index (κ1) is 24.2. The van der Waals surface area contributed by atoms with E-state index in [9.17, 15) is 4.79 Å². The highest BCUT2D eigenvalue weighted by Gasteiger charge is 2.06. The van der Waals surface area contributed by atoms with Gasteiger partial charge in [-0.3, -0.25) is 4.79 Å². The van der Waals surface area contributed by atoms with Crippen LogP contribution in [-0.4, -0.2) is 64.2 Å². The van der Waals surface area contributed by atoms with Gasteiger partial charge in [-0.2, -0.15) is 0 Å². The number of ether oxygens (including phenoxy) is 1. The molecule has 3 N–H and O–H groups in total. The molecule has 31 heavy (non-hydrogen) atoms. The summed E-state index contributed by atoms with van der Waals surface area (Å²) in [5, 5.41) is 9.58. The molecule has 0 heterocycles. The molecule has 0 radical (unpaired) electrons. The molecule has 0 aliphatic rings. The fraction of sp³-hybridized carbons (Fsp3) is 0.417. The van der Waals surface area contributed by atoms with Crippen LogP contribution in [0.1, 0.15) is 28.4 Å². The lowest BCUT2D eigenvalue weighted by Crippen LogP contribution is -2.38. The minimum Gasteiger partial charge on any atom is -0.497 e. The number of amides is 1. The summed E-state index contributed by atoms with van der Waals surface area (Å²) >= 11 is 0. The number of hydrogen-bond donors (Lipinski definition) is 3. The Morgan fingerprint density at radius 2 is 1.77 bits per heavy atom. The Labute approximate surface area is 185 Å². The van der Waals surface area contributed by atoms with E-state index in [0.717, 1.165) is 43.3 Å². The summed E-state index contributed by atoms with van der Waals surface area (Å²) in [5.74, 6) is 1.56. The molecule has 0 bridgehead atoms. The summed E-state index contributed by atoms with van der Waals surface area (Å²) in [6.45, 7) is 5.52. The topological polar surface area (TPSA) is 78.0 Å². The van der Waals surface area contributed by atoms with E-state index in [1.54, 1.807) is 7.11 Å². The molecular weight excluding hydrogens is 390 g/mol. The van der Waals surface area contributed by atoms with Crippen LogP contribution in [0.15, 0.2) is 53.5 Å². The zero-order valence-corrected chi connectivity index (χ0v) is 19.1. The summed E-state index contributed by atoms with van der Waals surface area (Å²) in [4.78, 5) is 19.0. The second-order valence-electron chi connectivity index (χ2n) is 7.48. The molecule has 0 aliphatic heterocycles. The fourth-order valence-electron chi connectivity index (χ4n) is 2.94. The first-order chi connectivity index (χ1) is 15.0. The van der Waals surface area contributed by atoms with Crippen LogP contribution in [0.3, 0.4) is 0 Å². The van der Waals surface area contributed by atoms with E-state index >= 15 is 0 Å². The van der Waals surface area contributed by atoms with Gasteiger partial charge in [0.15, 0.2) is 5.96 Å². The summed E-state index contributed by atoms with van der Waals surface area (Å²) < 4.78 is 5.20. The van der Waals surface area contributed by atoms with Crippen LogP contribution in [-0.2, 0) is 13.0 Å². The van der Waals surface area contributed by atoms with E-state index < -0.39 is 0 Å². The van der Waals surface area contributed by atoms with Crippen molar-refractivity contribution in [1.82, 2.24) is 20.9 Å². The van der Waals surface area contributed by atoms with Crippen molar-refractivity contribution in [2.45, 2.75) is 19.9 Å². The maximum absolute atomic E-state index is 12.3. The highest BCUT2D eigenvalue weighted by atomic mass is 16.5. The largest absolute Gasteiger partial charge is 0.497 e. The number of methoxy groups -OCH3 is 1. The SMILES string of the molecule is CCNC(=NCc1cccc(C(=O)NCCN(C)C)c1)NCCc1ccc(OC)cc1. The Hall–Kier alpha value is -3.06. The number of hydrogen-bond acceptors (Lipinski definition) is 4. The van der Waals surface area contributed by atoms with Gasteiger partial charge in [-0.1, -0.05) is 24.3 Å². The third-order valence-corrected chi connectivity index (χ3v) is 4.66. The van der Waals surface area contributed by atoms with Crippen LogP contribution in [0.2, 0.25) is 0 Å². The highest BCUT2D eigenvalue weighted by molar-refractivity contribution is 5.94. The Kier molecular flexibility index (Phi) is 10.4. The van der Waals surface area contributed by atoms with Crippen molar-refractivity contribution in [2.75, 3.05) is 47.4 Å². The molecule has 0 saturated heterocycles. The smallest absolute Gasteiger partial charge is 0.251 e. The second-order valence-corrected chi connectivity index (χ2v) is 7.48. The normalized spacial score (nSPS) is 11.3. The molecule has 2 rings (SSSR count). The van der Waals surface area contributed by atoms with E-state index in [4.69, 9.17) is 4.74 Å². The van der Waals surface area contributed by atoms with Crippen molar-refractivity contribution in [2.24, 2.45) is 4.99 Å². The van der Waals surface area contributed by atoms with Gasteiger partial charge in [-0.15, -0.1) is 0 Å². The van der Waals surface area contributed by atoms with Gasteiger partial charge >= 0.3 is 0 Å². The molecule has 0 spiro atoms. The molecule has 168 valence electrons. The maximum atomic E-state index is 12.3. The molecule has 2 aromatic rings. The van der Waals surface area contributed by atoms with E-state index in [1.165, 1.54) is 5.56 Å². The van der Waals surface area contributed by atoms with Crippen LogP contribution in [0.5, 0.6) is 5.75 Å². The third-order valence-electron chi connectivity index (χ3n) is 4.66. The number of carbonyl (C=O) groups excluding carboxylic acids is 1. The van der Waals surface area contributed by atoms with E-state index in [0.29, 0.717) is 18.7 Å². The van der Waals surface area contributed by atoms with Gasteiger partial charge in [0.05, 0.1) is 13.7 Å². The van der Waals surface area contributed by atoms with Crippen LogP contribution in [0.25, 0.3) is 0 Å². The predicted octanol–water partition coefficient (Wildman–Crippen LogP) is 2.28. The molecule has 0 aliphatic carbocycles. The van der Waals surface area contributed by atoms with E-state index in [-0.39, 0.29) is 5.91 Å². The van der Waals surface area contributed by atoms with Crippen molar-refractivity contribution in [3.05, 3.63) is 65.2 Å². The first-order valence-corrected chi connectivity index (χ1v) is 10.7. The molecule has 1 amide bonds. The number of aliphatic imine (C=N–C) groups is 1. The van der Waals surface area contributed by atoms with Crippen molar-refractivity contribution in [1.29, 1.82) is 0 Å². The van der Waals surface area contributed by atoms with Gasteiger partial charge in [-0.05, 0) is 62.8 Å². The average Bonchev–Trinajstić information content (AvgIpc) is 2.77. The fourth-order valence-corrected chi connectivity index (χ4v) is 2.94. The van der Waals surface area contributed by atoms with Crippen LogP contribution in [0.4, 0.5) is 0 Å². The number of likely N-dealkylation sites (N-methyl/N-ethyl adjacent to an activating group) is 1. The average molecular weight is 426 g/mol. The molecule has 0 saturated carbocycles. The Bertz CT molecular complexity index is 834. The Balaban J connectivity index is 1.89. The maximum Gasteiger partial charge on any atom is 0.251 e. The van der Waals surface area contributed by atoms with Crippen molar-refractivity contribution < 1.29 is 9.53 Å². The molecular formula is C24H35N5O2. The van der Waals surface area contributed by atoms with Crippen LogP contribution >= 0.6 is 0 Å². The lowest BCUT2D eigenvalue weighted by molar-refractivity contribution is 0.0951. The molecule has 7 heteroatoms. The van der Waals surface area contributed by atoms with Gasteiger partial charge in [0.1, 0.15) is 5.75 Å². The zero-order valence-electron chi connectivity index (χ0n) is 19.1. The summed E-state index contributed by atoms with van der Waals surface area (Å²) in [7, 11) is 5.64. The van der Waals surface area contributed by atoms with Crippen LogP contribution < -0.4 is 20.7 Å². The molecule has 0 fully saturated rings. The van der Waals surface area contributed by atoms with Crippen molar-refractivity contribution in [3.63, 3.8) is 0 Å². The van der Waals surface area contributed by atoms with Gasteiger partial charge in [0.25, 0.3) is 5.91 Å². The Morgan fingerprint density at radius 3 is 2.45 bits per heavy atom. The molecule has 0 aromatic heterocycles. The van der Waals surface area contributed by atoms with Gasteiger partial charge in [-0.25, -0.2) is 4.99 Å². The van der Waals surface area contributed by atoms with E-state index in [2.05, 4.69) is 33.1 Å². The lowest BCUT2D eigenvalue weighted by Gasteiger charge is -2.12. The highest BCUT2D eigenvalue weighted by Crippen LogP contribution is 2.11. The molecule has 0 atom stereocenters. The van der Waals surface area contributed by atoms with Gasteiger partial charge in [0, 0.05) is 31.7 Å². The quantitative estimate of drug-likeness (QED) is 0.380. The Morgan fingerprint density at radius 1 is 1.00 bits per heavy atom. The second kappa shape index (κ2) is 13.3. The molecule has 7 nitrogen and oxygen atoms in total. The molecule has 0 unspecified atom stereocenters.